The monoisotopic (exact) mass is 275 g/mol. The number of rotatable bonds is 7. The molecule has 0 bridgehead atoms. The summed E-state index contributed by atoms with van der Waals surface area (Å²) in [5.74, 6) is -0.896. The van der Waals surface area contributed by atoms with Crippen molar-refractivity contribution >= 4 is 11.9 Å². The second-order valence-corrected chi connectivity index (χ2v) is 4.60. The fourth-order valence-electron chi connectivity index (χ4n) is 1.96. The van der Waals surface area contributed by atoms with Crippen molar-refractivity contribution in [2.75, 3.05) is 7.11 Å². The summed E-state index contributed by atoms with van der Waals surface area (Å²) >= 11 is 0. The van der Waals surface area contributed by atoms with Crippen LogP contribution in [0.5, 0.6) is 0 Å². The van der Waals surface area contributed by atoms with Crippen LogP contribution in [0.4, 0.5) is 0 Å². The molecule has 0 heterocycles. The molecule has 4 nitrogen and oxygen atoms in total. The third kappa shape index (κ3) is 4.53. The Morgan fingerprint density at radius 3 is 2.55 bits per heavy atom. The van der Waals surface area contributed by atoms with Gasteiger partial charge in [-0.1, -0.05) is 36.4 Å². The molecule has 0 unspecified atom stereocenters. The van der Waals surface area contributed by atoms with E-state index in [1.165, 1.54) is 7.11 Å². The van der Waals surface area contributed by atoms with Crippen LogP contribution in [0.2, 0.25) is 0 Å². The Balaban J connectivity index is 2.87. The number of methoxy groups -OCH3 is 1. The molecule has 1 aromatic rings. The number of benzene rings is 1. The van der Waals surface area contributed by atoms with Gasteiger partial charge in [-0.25, -0.2) is 0 Å². The van der Waals surface area contributed by atoms with Crippen LogP contribution in [0, 0.1) is 5.92 Å². The maximum atomic E-state index is 11.9. The van der Waals surface area contributed by atoms with E-state index in [0.717, 1.165) is 5.56 Å². The molecule has 0 aliphatic carbocycles. The molecule has 1 rings (SSSR count). The molecule has 0 saturated carbocycles. The van der Waals surface area contributed by atoms with E-state index in [2.05, 4.69) is 11.9 Å². The topological polar surface area (TPSA) is 55.4 Å². The lowest BCUT2D eigenvalue weighted by Crippen LogP contribution is -2.35. The number of carbonyl (C=O) groups excluding carboxylic acids is 2. The van der Waals surface area contributed by atoms with Gasteiger partial charge in [0.2, 0.25) is 5.91 Å². The molecular weight excluding hydrogens is 254 g/mol. The second-order valence-electron chi connectivity index (χ2n) is 4.60. The summed E-state index contributed by atoms with van der Waals surface area (Å²) in [4.78, 5) is 23.6. The normalized spacial score (nSPS) is 13.1. The van der Waals surface area contributed by atoms with Crippen LogP contribution >= 0.6 is 0 Å². The van der Waals surface area contributed by atoms with Crippen LogP contribution < -0.4 is 5.32 Å². The van der Waals surface area contributed by atoms with E-state index in [0.29, 0.717) is 12.8 Å². The second kappa shape index (κ2) is 8.15. The van der Waals surface area contributed by atoms with E-state index in [9.17, 15) is 9.59 Å². The number of esters is 1. The predicted octanol–water partition coefficient (Wildman–Crippen LogP) is 2.62. The zero-order valence-corrected chi connectivity index (χ0v) is 12.0. The minimum absolute atomic E-state index is 0.102. The summed E-state index contributed by atoms with van der Waals surface area (Å²) in [7, 11) is 1.35. The number of allylic oxidation sites excluding steroid dienone is 1. The van der Waals surface area contributed by atoms with E-state index in [-0.39, 0.29) is 17.9 Å². The molecule has 1 amide bonds. The van der Waals surface area contributed by atoms with Crippen molar-refractivity contribution in [1.29, 1.82) is 0 Å². The molecule has 0 aliphatic heterocycles. The molecule has 4 heteroatoms. The van der Waals surface area contributed by atoms with E-state index < -0.39 is 5.92 Å². The lowest BCUT2D eigenvalue weighted by Gasteiger charge is -2.24. The van der Waals surface area contributed by atoms with E-state index in [1.807, 2.05) is 30.3 Å². The van der Waals surface area contributed by atoms with Crippen LogP contribution in [-0.2, 0) is 14.3 Å². The maximum Gasteiger partial charge on any atom is 0.310 e. The minimum Gasteiger partial charge on any atom is -0.469 e. The van der Waals surface area contributed by atoms with Gasteiger partial charge in [0.15, 0.2) is 0 Å². The standard InChI is InChI=1S/C16H21NO3/c1-4-5-11-14(18)17-15(12(2)16(19)20-3)13-9-7-6-8-10-13/h4,6-10,12,15H,1,5,11H2,2-3H3,(H,17,18)/t12-,15+/m0/s1. The van der Waals surface area contributed by atoms with Crippen LogP contribution in [-0.4, -0.2) is 19.0 Å². The molecule has 0 spiro atoms. The highest BCUT2D eigenvalue weighted by Gasteiger charge is 2.27. The molecule has 0 aromatic heterocycles. The van der Waals surface area contributed by atoms with Crippen molar-refractivity contribution in [2.24, 2.45) is 5.92 Å². The summed E-state index contributed by atoms with van der Waals surface area (Å²) in [6.45, 7) is 5.34. The van der Waals surface area contributed by atoms with Gasteiger partial charge >= 0.3 is 5.97 Å². The molecule has 1 N–H and O–H groups in total. The van der Waals surface area contributed by atoms with Crippen LogP contribution in [0.3, 0.4) is 0 Å². The summed E-state index contributed by atoms with van der Waals surface area (Å²) < 4.78 is 4.77. The lowest BCUT2D eigenvalue weighted by atomic mass is 9.94. The SMILES string of the molecule is C=CCCC(=O)N[C@@H](c1ccccc1)[C@H](C)C(=O)OC. The Bertz CT molecular complexity index is 456. The zero-order chi connectivity index (χ0) is 15.0. The first-order valence-electron chi connectivity index (χ1n) is 6.63. The third-order valence-corrected chi connectivity index (χ3v) is 3.12. The molecule has 2 atom stereocenters. The number of hydrogen-bond acceptors (Lipinski definition) is 3. The highest BCUT2D eigenvalue weighted by Crippen LogP contribution is 2.23. The summed E-state index contributed by atoms with van der Waals surface area (Å²) in [5, 5.41) is 2.90. The lowest BCUT2D eigenvalue weighted by molar-refractivity contribution is -0.146. The third-order valence-electron chi connectivity index (χ3n) is 3.12. The van der Waals surface area contributed by atoms with E-state index in [4.69, 9.17) is 4.74 Å². The first kappa shape index (κ1) is 16.0. The first-order valence-corrected chi connectivity index (χ1v) is 6.63. The van der Waals surface area contributed by atoms with Crippen LogP contribution in [0.25, 0.3) is 0 Å². The van der Waals surface area contributed by atoms with Gasteiger partial charge in [-0.3, -0.25) is 9.59 Å². The molecule has 0 saturated heterocycles. The van der Waals surface area contributed by atoms with Crippen molar-refractivity contribution in [2.45, 2.75) is 25.8 Å². The number of carbonyl (C=O) groups is 2. The van der Waals surface area contributed by atoms with Gasteiger partial charge in [0.1, 0.15) is 0 Å². The van der Waals surface area contributed by atoms with Gasteiger partial charge in [0.05, 0.1) is 19.1 Å². The fraction of sp³-hybridized carbons (Fsp3) is 0.375. The van der Waals surface area contributed by atoms with Crippen molar-refractivity contribution < 1.29 is 14.3 Å². The van der Waals surface area contributed by atoms with Crippen LogP contribution in [0.1, 0.15) is 31.4 Å². The molecule has 20 heavy (non-hydrogen) atoms. The predicted molar refractivity (Wildman–Crippen MR) is 77.9 cm³/mol. The van der Waals surface area contributed by atoms with Crippen molar-refractivity contribution in [3.63, 3.8) is 0 Å². The Morgan fingerprint density at radius 1 is 1.35 bits per heavy atom. The van der Waals surface area contributed by atoms with Gasteiger partial charge < -0.3 is 10.1 Å². The van der Waals surface area contributed by atoms with Crippen molar-refractivity contribution in [1.82, 2.24) is 5.32 Å². The molecule has 1 aromatic carbocycles. The Labute approximate surface area is 119 Å². The quantitative estimate of drug-likeness (QED) is 0.614. The molecule has 108 valence electrons. The number of amides is 1. The minimum atomic E-state index is -0.449. The average molecular weight is 275 g/mol. The van der Waals surface area contributed by atoms with Gasteiger partial charge in [-0.15, -0.1) is 6.58 Å². The largest absolute Gasteiger partial charge is 0.469 e. The highest BCUT2D eigenvalue weighted by atomic mass is 16.5. The van der Waals surface area contributed by atoms with Gasteiger partial charge in [0.25, 0.3) is 0 Å². The summed E-state index contributed by atoms with van der Waals surface area (Å²) in [5.41, 5.74) is 0.886. The van der Waals surface area contributed by atoms with Gasteiger partial charge in [0, 0.05) is 6.42 Å². The molecule has 0 fully saturated rings. The highest BCUT2D eigenvalue weighted by molar-refractivity contribution is 5.79. The fourth-order valence-corrected chi connectivity index (χ4v) is 1.96. The van der Waals surface area contributed by atoms with Crippen molar-refractivity contribution in [3.05, 3.63) is 48.6 Å². The Kier molecular flexibility index (Phi) is 6.50. The Morgan fingerprint density at radius 2 is 2.00 bits per heavy atom. The van der Waals surface area contributed by atoms with Crippen LogP contribution in [0.15, 0.2) is 43.0 Å². The first-order chi connectivity index (χ1) is 9.60. The average Bonchev–Trinajstić information content (AvgIpc) is 2.49. The Hall–Kier alpha value is -2.10. The van der Waals surface area contributed by atoms with Crippen molar-refractivity contribution in [3.8, 4) is 0 Å². The number of nitrogens with one attached hydrogen (secondary N) is 1. The van der Waals surface area contributed by atoms with E-state index >= 15 is 0 Å². The molecule has 0 radical (unpaired) electrons. The summed E-state index contributed by atoms with van der Waals surface area (Å²) in [6, 6.07) is 9.03. The number of ether oxygens (including phenoxy) is 1. The zero-order valence-electron chi connectivity index (χ0n) is 12.0. The van der Waals surface area contributed by atoms with Gasteiger partial charge in [-0.05, 0) is 18.9 Å². The van der Waals surface area contributed by atoms with E-state index in [1.54, 1.807) is 13.0 Å². The number of hydrogen-bond donors (Lipinski definition) is 1. The smallest absolute Gasteiger partial charge is 0.310 e. The maximum absolute atomic E-state index is 11.9. The summed E-state index contributed by atoms with van der Waals surface area (Å²) in [6.07, 6.45) is 2.67. The molecular formula is C16H21NO3. The van der Waals surface area contributed by atoms with Gasteiger partial charge in [-0.2, -0.15) is 0 Å². The molecule has 0 aliphatic rings.